The number of thiophene rings is 1. The Morgan fingerprint density at radius 2 is 1.74 bits per heavy atom. The summed E-state index contributed by atoms with van der Waals surface area (Å²) in [4.78, 5) is 14.7. The van der Waals surface area contributed by atoms with Crippen molar-refractivity contribution in [3.05, 3.63) is 77.2 Å². The van der Waals surface area contributed by atoms with Gasteiger partial charge in [0.25, 0.3) is 0 Å². The van der Waals surface area contributed by atoms with Gasteiger partial charge in [0.2, 0.25) is 0 Å². The van der Waals surface area contributed by atoms with Crippen LogP contribution in [-0.4, -0.2) is 21.7 Å². The quantitative estimate of drug-likeness (QED) is 0.392. The second kappa shape index (κ2) is 11.0. The van der Waals surface area contributed by atoms with Crippen molar-refractivity contribution in [1.82, 2.24) is 5.32 Å². The molecule has 31 heavy (non-hydrogen) atoms. The number of aryl methyl sites for hydroxylation is 1. The van der Waals surface area contributed by atoms with Crippen LogP contribution in [0.25, 0.3) is 0 Å². The summed E-state index contributed by atoms with van der Waals surface area (Å²) < 4.78 is 18.9. The molecule has 7 heteroatoms. The van der Waals surface area contributed by atoms with Gasteiger partial charge in [-0.1, -0.05) is 30.3 Å². The number of hydrogen-bond acceptors (Lipinski definition) is 5. The van der Waals surface area contributed by atoms with Gasteiger partial charge in [0.05, 0.1) is 21.6 Å². The summed E-state index contributed by atoms with van der Waals surface area (Å²) in [6.45, 7) is 5.83. The smallest absolute Gasteiger partial charge is 0.407 e. The molecule has 0 fully saturated rings. The number of ether oxygens (including phenoxy) is 1. The zero-order valence-corrected chi connectivity index (χ0v) is 20.4. The van der Waals surface area contributed by atoms with Gasteiger partial charge in [0, 0.05) is 20.4 Å². The highest BCUT2D eigenvalue weighted by atomic mass is 32.2. The van der Waals surface area contributed by atoms with Crippen molar-refractivity contribution >= 4 is 40.0 Å². The number of carbonyl (C=O) groups excluding carboxylic acids is 1. The molecular formula is C24H27NO3S3. The average molecular weight is 474 g/mol. The summed E-state index contributed by atoms with van der Waals surface area (Å²) >= 11 is 3.24. The van der Waals surface area contributed by atoms with Crippen LogP contribution in [0.4, 0.5) is 4.79 Å². The Hall–Kier alpha value is -2.09. The highest BCUT2D eigenvalue weighted by molar-refractivity contribution is 7.99. The largest absolute Gasteiger partial charge is 0.444 e. The molecule has 0 saturated heterocycles. The van der Waals surface area contributed by atoms with E-state index in [0.29, 0.717) is 6.54 Å². The molecule has 0 aliphatic heterocycles. The van der Waals surface area contributed by atoms with Crippen LogP contribution in [0, 0.1) is 0 Å². The molecule has 1 heterocycles. The second-order valence-electron chi connectivity index (χ2n) is 7.90. The van der Waals surface area contributed by atoms with Crippen molar-refractivity contribution in [2.75, 3.05) is 5.75 Å². The van der Waals surface area contributed by atoms with E-state index < -0.39 is 22.5 Å². The molecule has 0 spiro atoms. The first-order valence-corrected chi connectivity index (χ1v) is 13.0. The summed E-state index contributed by atoms with van der Waals surface area (Å²) in [7, 11) is -1.23. The summed E-state index contributed by atoms with van der Waals surface area (Å²) in [5.74, 6) is 1.01. The third kappa shape index (κ3) is 7.83. The first-order chi connectivity index (χ1) is 14.8. The van der Waals surface area contributed by atoms with E-state index in [-0.39, 0.29) is 0 Å². The minimum atomic E-state index is -1.23. The first-order valence-electron chi connectivity index (χ1n) is 10.0. The Labute approximate surface area is 194 Å². The Morgan fingerprint density at radius 1 is 1.03 bits per heavy atom. The Balaban J connectivity index is 1.50. The monoisotopic (exact) mass is 473 g/mol. The zero-order chi connectivity index (χ0) is 22.3. The number of thioether (sulfide) groups is 1. The Morgan fingerprint density at radius 3 is 2.42 bits per heavy atom. The molecule has 4 nitrogen and oxygen atoms in total. The summed E-state index contributed by atoms with van der Waals surface area (Å²) in [5, 5.41) is 2.73. The molecular weight excluding hydrogens is 446 g/mol. The van der Waals surface area contributed by atoms with E-state index in [1.807, 2.05) is 63.2 Å². The zero-order valence-electron chi connectivity index (χ0n) is 17.9. The molecule has 3 aromatic rings. The molecule has 0 aliphatic carbocycles. The molecule has 2 aromatic carbocycles. The number of hydrogen-bond donors (Lipinski definition) is 1. The van der Waals surface area contributed by atoms with E-state index in [4.69, 9.17) is 4.74 Å². The van der Waals surface area contributed by atoms with Crippen LogP contribution in [-0.2, 0) is 28.5 Å². The van der Waals surface area contributed by atoms with Gasteiger partial charge in [0.1, 0.15) is 5.60 Å². The van der Waals surface area contributed by atoms with Crippen molar-refractivity contribution in [3.63, 3.8) is 0 Å². The number of amides is 1. The van der Waals surface area contributed by atoms with Gasteiger partial charge in [-0.05, 0) is 69.2 Å². The van der Waals surface area contributed by atoms with Crippen molar-refractivity contribution < 1.29 is 13.7 Å². The molecule has 1 N–H and O–H groups in total. The number of carbonyl (C=O) groups is 1. The fourth-order valence-corrected chi connectivity index (χ4v) is 6.03. The Kier molecular flexibility index (Phi) is 8.35. The maximum absolute atomic E-state index is 12.9. The number of nitrogens with one attached hydrogen (secondary N) is 1. The van der Waals surface area contributed by atoms with E-state index in [1.165, 1.54) is 21.8 Å². The van der Waals surface area contributed by atoms with E-state index >= 15 is 0 Å². The third-order valence-corrected chi connectivity index (χ3v) is 7.97. The average Bonchev–Trinajstić information content (AvgIpc) is 3.21. The third-order valence-electron chi connectivity index (χ3n) is 4.17. The summed E-state index contributed by atoms with van der Waals surface area (Å²) in [5.41, 5.74) is 0.806. The van der Waals surface area contributed by atoms with Gasteiger partial charge in [-0.3, -0.25) is 0 Å². The lowest BCUT2D eigenvalue weighted by Crippen LogP contribution is -2.31. The summed E-state index contributed by atoms with van der Waals surface area (Å²) in [6, 6.07) is 22.1. The molecule has 0 bridgehead atoms. The highest BCUT2D eigenvalue weighted by Gasteiger charge is 2.16. The van der Waals surface area contributed by atoms with E-state index in [1.54, 1.807) is 11.8 Å². The molecule has 3 rings (SSSR count). The molecule has 1 aromatic heterocycles. The predicted octanol–water partition coefficient (Wildman–Crippen LogP) is 6.27. The van der Waals surface area contributed by atoms with Gasteiger partial charge in [0.15, 0.2) is 0 Å². The van der Waals surface area contributed by atoms with Crippen molar-refractivity contribution in [1.29, 1.82) is 0 Å². The van der Waals surface area contributed by atoms with Crippen LogP contribution in [0.2, 0.25) is 0 Å². The van der Waals surface area contributed by atoms with Crippen LogP contribution in [0.3, 0.4) is 0 Å². The minimum absolute atomic E-state index is 0.355. The summed E-state index contributed by atoms with van der Waals surface area (Å²) in [6.07, 6.45) is 0.568. The van der Waals surface area contributed by atoms with Gasteiger partial charge in [-0.15, -0.1) is 23.1 Å². The lowest BCUT2D eigenvalue weighted by molar-refractivity contribution is 0.0524. The Bertz CT molecular complexity index is 1010. The van der Waals surface area contributed by atoms with E-state index in [2.05, 4.69) is 29.6 Å². The molecule has 0 aliphatic rings. The van der Waals surface area contributed by atoms with Gasteiger partial charge < -0.3 is 10.1 Å². The lowest BCUT2D eigenvalue weighted by atomic mass is 10.2. The second-order valence-corrected chi connectivity index (χ2v) is 11.9. The normalized spacial score (nSPS) is 12.4. The number of benzene rings is 2. The predicted molar refractivity (Wildman–Crippen MR) is 129 cm³/mol. The maximum atomic E-state index is 12.9. The van der Waals surface area contributed by atoms with Crippen molar-refractivity contribution in [2.24, 2.45) is 0 Å². The fourth-order valence-electron chi connectivity index (χ4n) is 2.73. The number of rotatable bonds is 8. The SMILES string of the molecule is CC(C)(C)OC(=O)NCc1ccc(S(=O)c2ccc(SCCc3ccccc3)cc2)s1. The van der Waals surface area contributed by atoms with Crippen LogP contribution < -0.4 is 5.32 Å². The van der Waals surface area contributed by atoms with Crippen LogP contribution >= 0.6 is 23.1 Å². The standard InChI is InChI=1S/C24H27NO3S3/c1-24(2,3)28-23(26)25-17-20-11-14-22(30-20)31(27)21-12-9-19(10-13-21)29-16-15-18-7-5-4-6-8-18/h4-14H,15-17H2,1-3H3,(H,25,26). The van der Waals surface area contributed by atoms with Crippen LogP contribution in [0.1, 0.15) is 31.2 Å². The highest BCUT2D eigenvalue weighted by Crippen LogP contribution is 2.27. The van der Waals surface area contributed by atoms with Gasteiger partial charge in [-0.2, -0.15) is 0 Å². The lowest BCUT2D eigenvalue weighted by Gasteiger charge is -2.19. The molecule has 1 unspecified atom stereocenters. The molecule has 0 saturated carbocycles. The van der Waals surface area contributed by atoms with Crippen LogP contribution in [0.15, 0.2) is 80.7 Å². The van der Waals surface area contributed by atoms with Crippen molar-refractivity contribution in [3.8, 4) is 0 Å². The minimum Gasteiger partial charge on any atom is -0.444 e. The molecule has 1 atom stereocenters. The van der Waals surface area contributed by atoms with E-state index in [0.717, 1.165) is 26.2 Å². The van der Waals surface area contributed by atoms with Crippen LogP contribution in [0.5, 0.6) is 0 Å². The topological polar surface area (TPSA) is 55.4 Å². The number of alkyl carbamates (subject to hydrolysis) is 1. The van der Waals surface area contributed by atoms with Crippen molar-refractivity contribution in [2.45, 2.75) is 53.3 Å². The first kappa shape index (κ1) is 23.6. The molecule has 0 radical (unpaired) electrons. The fraction of sp³-hybridized carbons (Fsp3) is 0.292. The van der Waals surface area contributed by atoms with Gasteiger partial charge >= 0.3 is 6.09 Å². The van der Waals surface area contributed by atoms with Gasteiger partial charge in [-0.25, -0.2) is 9.00 Å². The molecule has 164 valence electrons. The van der Waals surface area contributed by atoms with E-state index in [9.17, 15) is 9.00 Å². The molecule has 1 amide bonds. The maximum Gasteiger partial charge on any atom is 0.407 e.